The van der Waals surface area contributed by atoms with E-state index in [1.54, 1.807) is 23.2 Å². The number of para-hydroxylation sites is 1. The van der Waals surface area contributed by atoms with E-state index in [1.807, 2.05) is 30.1 Å². The van der Waals surface area contributed by atoms with Crippen molar-refractivity contribution in [2.24, 2.45) is 0 Å². The molecule has 2 aromatic rings. The van der Waals surface area contributed by atoms with Crippen LogP contribution in [0.2, 0.25) is 0 Å². The Morgan fingerprint density at radius 3 is 2.73 bits per heavy atom. The Labute approximate surface area is 177 Å². The molecule has 4 rings (SSSR count). The third-order valence-electron chi connectivity index (χ3n) is 6.21. The molecule has 158 valence electrons. The number of aryl methyl sites for hydroxylation is 1. The minimum absolute atomic E-state index is 0.00877. The molecule has 1 fully saturated rings. The van der Waals surface area contributed by atoms with E-state index in [0.717, 1.165) is 49.8 Å². The number of likely N-dealkylation sites (tertiary alicyclic amines) is 1. The highest BCUT2D eigenvalue weighted by atomic mass is 16.5. The SMILES string of the molecule is CN1C(=O)COc2ccccc2CCCC[C@@H]2[C@H]1CCCN2C(=O)c1cccnn1. The first kappa shape index (κ1) is 20.3. The zero-order valence-electron chi connectivity index (χ0n) is 17.4. The van der Waals surface area contributed by atoms with E-state index in [1.165, 1.54) is 0 Å². The molecule has 0 saturated carbocycles. The maximum Gasteiger partial charge on any atom is 0.274 e. The Kier molecular flexibility index (Phi) is 6.26. The van der Waals surface area contributed by atoms with Gasteiger partial charge in [-0.15, -0.1) is 5.10 Å². The van der Waals surface area contributed by atoms with Crippen LogP contribution < -0.4 is 4.74 Å². The van der Waals surface area contributed by atoms with Gasteiger partial charge >= 0.3 is 0 Å². The number of fused-ring (bicyclic) bond motifs is 2. The Balaban J connectivity index is 1.59. The number of hydrogen-bond donors (Lipinski definition) is 0. The fourth-order valence-corrected chi connectivity index (χ4v) is 4.60. The minimum Gasteiger partial charge on any atom is -0.483 e. The van der Waals surface area contributed by atoms with Crippen LogP contribution in [0.4, 0.5) is 0 Å². The van der Waals surface area contributed by atoms with Crippen LogP contribution in [0.15, 0.2) is 42.6 Å². The van der Waals surface area contributed by atoms with Crippen molar-refractivity contribution in [2.75, 3.05) is 20.2 Å². The fourth-order valence-electron chi connectivity index (χ4n) is 4.60. The van der Waals surface area contributed by atoms with Crippen LogP contribution in [0.25, 0.3) is 0 Å². The van der Waals surface area contributed by atoms with Gasteiger partial charge in [-0.3, -0.25) is 9.59 Å². The van der Waals surface area contributed by atoms with Crippen LogP contribution in [0.1, 0.15) is 48.2 Å². The highest BCUT2D eigenvalue weighted by Gasteiger charge is 2.38. The van der Waals surface area contributed by atoms with E-state index in [4.69, 9.17) is 4.74 Å². The molecule has 7 nitrogen and oxygen atoms in total. The molecule has 3 heterocycles. The molecule has 0 bridgehead atoms. The maximum absolute atomic E-state index is 13.2. The molecule has 1 saturated heterocycles. The molecular formula is C23H28N4O3. The van der Waals surface area contributed by atoms with Crippen LogP contribution in [-0.4, -0.2) is 64.1 Å². The first-order chi connectivity index (χ1) is 14.6. The Morgan fingerprint density at radius 2 is 1.90 bits per heavy atom. The summed E-state index contributed by atoms with van der Waals surface area (Å²) in [6.07, 6.45) is 7.04. The Hall–Kier alpha value is -2.96. The molecule has 0 radical (unpaired) electrons. The van der Waals surface area contributed by atoms with E-state index in [0.29, 0.717) is 12.2 Å². The van der Waals surface area contributed by atoms with Crippen LogP contribution in [0, 0.1) is 0 Å². The lowest BCUT2D eigenvalue weighted by molar-refractivity contribution is -0.136. The molecule has 0 aliphatic carbocycles. The van der Waals surface area contributed by atoms with E-state index in [2.05, 4.69) is 16.3 Å². The third kappa shape index (κ3) is 4.30. The topological polar surface area (TPSA) is 75.6 Å². The van der Waals surface area contributed by atoms with Gasteiger partial charge in [0.25, 0.3) is 11.8 Å². The van der Waals surface area contributed by atoms with Gasteiger partial charge in [0.05, 0.1) is 12.1 Å². The quantitative estimate of drug-likeness (QED) is 0.725. The van der Waals surface area contributed by atoms with Gasteiger partial charge in [0.15, 0.2) is 12.3 Å². The lowest BCUT2D eigenvalue weighted by Gasteiger charge is -2.45. The molecule has 2 aliphatic rings. The van der Waals surface area contributed by atoms with Gasteiger partial charge in [-0.05, 0) is 55.9 Å². The molecule has 1 aromatic carbocycles. The highest BCUT2D eigenvalue weighted by Crippen LogP contribution is 2.29. The minimum atomic E-state index is -0.104. The van der Waals surface area contributed by atoms with Crippen molar-refractivity contribution in [1.82, 2.24) is 20.0 Å². The van der Waals surface area contributed by atoms with E-state index >= 15 is 0 Å². The number of rotatable bonds is 1. The van der Waals surface area contributed by atoms with Gasteiger partial charge in [-0.2, -0.15) is 5.10 Å². The number of nitrogens with zero attached hydrogens (tertiary/aromatic N) is 4. The molecule has 2 aliphatic heterocycles. The molecule has 0 unspecified atom stereocenters. The van der Waals surface area contributed by atoms with Crippen molar-refractivity contribution in [3.8, 4) is 5.75 Å². The second kappa shape index (κ2) is 9.24. The summed E-state index contributed by atoms with van der Waals surface area (Å²) in [5.41, 5.74) is 1.48. The molecule has 2 amide bonds. The maximum atomic E-state index is 13.2. The standard InChI is InChI=1S/C23H28N4O3/c1-26-19-12-7-15-27(23(29)18-10-6-14-24-25-18)20(19)11-4-2-8-17-9-3-5-13-21(17)30-16-22(26)28/h3,5-6,9-10,13-14,19-20H,2,4,7-8,11-12,15-16H2,1H3/t19-,20-/m1/s1. The summed E-state index contributed by atoms with van der Waals surface area (Å²) < 4.78 is 5.88. The third-order valence-corrected chi connectivity index (χ3v) is 6.21. The van der Waals surface area contributed by atoms with Crippen LogP contribution in [-0.2, 0) is 11.2 Å². The van der Waals surface area contributed by atoms with Gasteiger partial charge in [0.1, 0.15) is 5.75 Å². The number of likely N-dealkylation sites (N-methyl/N-ethyl adjacent to an activating group) is 1. The van der Waals surface area contributed by atoms with Crippen LogP contribution >= 0.6 is 0 Å². The fraction of sp³-hybridized carbons (Fsp3) is 0.478. The van der Waals surface area contributed by atoms with Gasteiger partial charge < -0.3 is 14.5 Å². The average Bonchev–Trinajstić information content (AvgIpc) is 2.79. The van der Waals surface area contributed by atoms with Crippen molar-refractivity contribution in [3.63, 3.8) is 0 Å². The zero-order chi connectivity index (χ0) is 20.9. The second-order valence-electron chi connectivity index (χ2n) is 8.03. The summed E-state index contributed by atoms with van der Waals surface area (Å²) in [4.78, 5) is 29.8. The van der Waals surface area contributed by atoms with Gasteiger partial charge in [-0.1, -0.05) is 24.6 Å². The van der Waals surface area contributed by atoms with Crippen LogP contribution in [0.5, 0.6) is 5.75 Å². The highest BCUT2D eigenvalue weighted by molar-refractivity contribution is 5.92. The number of amides is 2. The predicted molar refractivity (Wildman–Crippen MR) is 112 cm³/mol. The van der Waals surface area contributed by atoms with E-state index < -0.39 is 0 Å². The monoisotopic (exact) mass is 408 g/mol. The Morgan fingerprint density at radius 1 is 1.07 bits per heavy atom. The summed E-state index contributed by atoms with van der Waals surface area (Å²) in [7, 11) is 1.83. The molecule has 7 heteroatoms. The van der Waals surface area contributed by atoms with Crippen molar-refractivity contribution in [2.45, 2.75) is 50.6 Å². The van der Waals surface area contributed by atoms with Crippen molar-refractivity contribution < 1.29 is 14.3 Å². The van der Waals surface area contributed by atoms with Crippen molar-refractivity contribution >= 4 is 11.8 Å². The lowest BCUT2D eigenvalue weighted by Crippen LogP contribution is -2.58. The van der Waals surface area contributed by atoms with E-state index in [-0.39, 0.29) is 30.5 Å². The first-order valence-corrected chi connectivity index (χ1v) is 10.7. The number of hydrogen-bond acceptors (Lipinski definition) is 5. The smallest absolute Gasteiger partial charge is 0.274 e. The largest absolute Gasteiger partial charge is 0.483 e. The summed E-state index contributed by atoms with van der Waals surface area (Å²) in [5, 5.41) is 7.87. The van der Waals surface area contributed by atoms with Crippen molar-refractivity contribution in [1.29, 1.82) is 0 Å². The van der Waals surface area contributed by atoms with Gasteiger partial charge in [-0.25, -0.2) is 0 Å². The van der Waals surface area contributed by atoms with Crippen LogP contribution in [0.3, 0.4) is 0 Å². The molecular weight excluding hydrogens is 380 g/mol. The normalized spacial score (nSPS) is 22.8. The summed E-state index contributed by atoms with van der Waals surface area (Å²) in [5.74, 6) is 0.626. The number of piperidine rings is 1. The van der Waals surface area contributed by atoms with E-state index in [9.17, 15) is 9.59 Å². The molecule has 0 N–H and O–H groups in total. The molecule has 1 aromatic heterocycles. The number of ether oxygens (including phenoxy) is 1. The molecule has 30 heavy (non-hydrogen) atoms. The predicted octanol–water partition coefficient (Wildman–Crippen LogP) is 2.71. The summed E-state index contributed by atoms with van der Waals surface area (Å²) in [6.45, 7) is 0.687. The number of carbonyl (C=O) groups excluding carboxylic acids is 2. The number of aromatic nitrogens is 2. The first-order valence-electron chi connectivity index (χ1n) is 10.7. The van der Waals surface area contributed by atoms with Crippen molar-refractivity contribution in [3.05, 3.63) is 53.9 Å². The molecule has 2 atom stereocenters. The zero-order valence-corrected chi connectivity index (χ0v) is 17.4. The number of benzene rings is 1. The van der Waals surface area contributed by atoms with Gasteiger partial charge in [0.2, 0.25) is 0 Å². The number of carbonyl (C=O) groups is 2. The average molecular weight is 409 g/mol. The summed E-state index contributed by atoms with van der Waals surface area (Å²) >= 11 is 0. The van der Waals surface area contributed by atoms with Gasteiger partial charge in [0, 0.05) is 19.8 Å². The summed E-state index contributed by atoms with van der Waals surface area (Å²) in [6, 6.07) is 11.3. The second-order valence-corrected chi connectivity index (χ2v) is 8.03. The Bertz CT molecular complexity index is 889. The lowest BCUT2D eigenvalue weighted by atomic mass is 9.89. The molecule has 0 spiro atoms.